The van der Waals surface area contributed by atoms with Crippen molar-refractivity contribution >= 4 is 17.5 Å². The molecule has 0 saturated carbocycles. The van der Waals surface area contributed by atoms with Crippen molar-refractivity contribution < 1.29 is 4.74 Å². The highest BCUT2D eigenvalue weighted by molar-refractivity contribution is 5.51. The molecule has 1 aromatic carbocycles. The largest absolute Gasteiger partial charge is 0.385 e. The molecule has 0 radical (unpaired) electrons. The molecule has 3 rings (SSSR count). The first kappa shape index (κ1) is 17.5. The molecule has 0 atom stereocenters. The van der Waals surface area contributed by atoms with Gasteiger partial charge in [-0.2, -0.15) is 4.98 Å². The lowest BCUT2D eigenvalue weighted by molar-refractivity contribution is 0.197. The number of rotatable bonds is 7. The summed E-state index contributed by atoms with van der Waals surface area (Å²) >= 11 is 0. The minimum absolute atomic E-state index is 0.690. The van der Waals surface area contributed by atoms with Crippen LogP contribution < -0.4 is 15.1 Å². The molecule has 1 N–H and O–H groups in total. The van der Waals surface area contributed by atoms with Gasteiger partial charge >= 0.3 is 0 Å². The van der Waals surface area contributed by atoms with Crippen LogP contribution in [0, 0.1) is 6.92 Å². The zero-order chi connectivity index (χ0) is 17.5. The van der Waals surface area contributed by atoms with Crippen LogP contribution in [-0.2, 0) is 4.74 Å². The van der Waals surface area contributed by atoms with Crippen molar-refractivity contribution in [2.24, 2.45) is 0 Å². The quantitative estimate of drug-likeness (QED) is 0.781. The topological polar surface area (TPSA) is 53.5 Å². The molecule has 2 aromatic rings. The van der Waals surface area contributed by atoms with Crippen molar-refractivity contribution in [3.63, 3.8) is 0 Å². The van der Waals surface area contributed by atoms with E-state index in [2.05, 4.69) is 56.3 Å². The number of nitrogens with zero attached hydrogens (tertiary/aromatic N) is 4. The van der Waals surface area contributed by atoms with Crippen LogP contribution in [0.4, 0.5) is 17.5 Å². The van der Waals surface area contributed by atoms with Crippen molar-refractivity contribution in [3.05, 3.63) is 42.1 Å². The van der Waals surface area contributed by atoms with Crippen LogP contribution in [0.3, 0.4) is 0 Å². The molecule has 1 aromatic heterocycles. The molecule has 6 nitrogen and oxygen atoms in total. The van der Waals surface area contributed by atoms with Crippen molar-refractivity contribution in [3.8, 4) is 0 Å². The van der Waals surface area contributed by atoms with Crippen molar-refractivity contribution in [2.45, 2.75) is 13.3 Å². The van der Waals surface area contributed by atoms with E-state index >= 15 is 0 Å². The first-order valence-electron chi connectivity index (χ1n) is 8.88. The zero-order valence-electron chi connectivity index (χ0n) is 15.1. The highest BCUT2D eigenvalue weighted by Gasteiger charge is 2.18. The Balaban J connectivity index is 1.55. The lowest BCUT2D eigenvalue weighted by atomic mass is 10.2. The second kappa shape index (κ2) is 8.67. The number of hydrogen-bond donors (Lipinski definition) is 1. The molecular formula is C19H27N5O. The van der Waals surface area contributed by atoms with E-state index < -0.39 is 0 Å². The van der Waals surface area contributed by atoms with Gasteiger partial charge in [0.25, 0.3) is 0 Å². The molecule has 1 aliphatic rings. The van der Waals surface area contributed by atoms with Crippen LogP contribution in [0.2, 0.25) is 0 Å². The predicted octanol–water partition coefficient (Wildman–Crippen LogP) is 2.56. The van der Waals surface area contributed by atoms with E-state index in [0.29, 0.717) is 5.95 Å². The minimum Gasteiger partial charge on any atom is -0.385 e. The summed E-state index contributed by atoms with van der Waals surface area (Å²) in [7, 11) is 1.72. The molecular weight excluding hydrogens is 314 g/mol. The van der Waals surface area contributed by atoms with Crippen LogP contribution in [0.25, 0.3) is 0 Å². The number of anilines is 3. The Morgan fingerprint density at radius 3 is 2.68 bits per heavy atom. The zero-order valence-corrected chi connectivity index (χ0v) is 15.1. The van der Waals surface area contributed by atoms with Gasteiger partial charge in [0.05, 0.1) is 0 Å². The van der Waals surface area contributed by atoms with Crippen LogP contribution in [-0.4, -0.2) is 56.4 Å². The second-order valence-electron chi connectivity index (χ2n) is 6.32. The van der Waals surface area contributed by atoms with Crippen molar-refractivity contribution in [1.82, 2.24) is 9.97 Å². The fraction of sp³-hybridized carbons (Fsp3) is 0.474. The van der Waals surface area contributed by atoms with E-state index in [1.807, 2.05) is 12.3 Å². The Bertz CT molecular complexity index is 670. The van der Waals surface area contributed by atoms with E-state index in [1.165, 1.54) is 11.3 Å². The third-order valence-corrected chi connectivity index (χ3v) is 4.42. The fourth-order valence-corrected chi connectivity index (χ4v) is 3.05. The number of ether oxygens (including phenoxy) is 1. The number of methoxy groups -OCH3 is 1. The highest BCUT2D eigenvalue weighted by Crippen LogP contribution is 2.20. The average Bonchev–Trinajstić information content (AvgIpc) is 2.66. The number of piperazine rings is 1. The van der Waals surface area contributed by atoms with E-state index in [-0.39, 0.29) is 0 Å². The summed E-state index contributed by atoms with van der Waals surface area (Å²) in [5.74, 6) is 1.68. The number of benzene rings is 1. The van der Waals surface area contributed by atoms with Gasteiger partial charge < -0.3 is 19.9 Å². The standard InChI is InChI=1S/C19H27N5O/c1-16-5-3-6-17(15-16)23-10-12-24(13-11-23)18-7-9-21-19(22-18)20-8-4-14-25-2/h3,5-7,9,15H,4,8,10-14H2,1-2H3,(H,20,21,22). The van der Waals surface area contributed by atoms with E-state index in [9.17, 15) is 0 Å². The first-order chi connectivity index (χ1) is 12.3. The van der Waals surface area contributed by atoms with Gasteiger partial charge in [0.15, 0.2) is 0 Å². The third-order valence-electron chi connectivity index (χ3n) is 4.42. The number of aromatic nitrogens is 2. The molecule has 134 valence electrons. The fourth-order valence-electron chi connectivity index (χ4n) is 3.05. The lowest BCUT2D eigenvalue weighted by Gasteiger charge is -2.36. The smallest absolute Gasteiger partial charge is 0.224 e. The van der Waals surface area contributed by atoms with Gasteiger partial charge in [-0.15, -0.1) is 0 Å². The van der Waals surface area contributed by atoms with Crippen molar-refractivity contribution in [1.29, 1.82) is 0 Å². The molecule has 0 amide bonds. The molecule has 1 aliphatic heterocycles. The maximum atomic E-state index is 5.06. The van der Waals surface area contributed by atoms with Crippen molar-refractivity contribution in [2.75, 3.05) is 61.6 Å². The maximum Gasteiger partial charge on any atom is 0.224 e. The highest BCUT2D eigenvalue weighted by atomic mass is 16.5. The first-order valence-corrected chi connectivity index (χ1v) is 8.88. The van der Waals surface area contributed by atoms with Gasteiger partial charge in [0.1, 0.15) is 5.82 Å². The molecule has 1 saturated heterocycles. The molecule has 0 spiro atoms. The van der Waals surface area contributed by atoms with E-state index in [4.69, 9.17) is 4.74 Å². The van der Waals surface area contributed by atoms with E-state index in [0.717, 1.165) is 51.6 Å². The summed E-state index contributed by atoms with van der Waals surface area (Å²) in [4.78, 5) is 13.7. The molecule has 2 heterocycles. The number of hydrogen-bond acceptors (Lipinski definition) is 6. The van der Waals surface area contributed by atoms with Gasteiger partial charge in [-0.05, 0) is 37.1 Å². The normalized spacial score (nSPS) is 14.6. The van der Waals surface area contributed by atoms with Crippen LogP contribution in [0.15, 0.2) is 36.5 Å². The molecule has 25 heavy (non-hydrogen) atoms. The SMILES string of the molecule is COCCCNc1nccc(N2CCN(c3cccc(C)c3)CC2)n1. The van der Waals surface area contributed by atoms with Crippen LogP contribution >= 0.6 is 0 Å². The maximum absolute atomic E-state index is 5.06. The second-order valence-corrected chi connectivity index (χ2v) is 6.32. The van der Waals surface area contributed by atoms with Crippen LogP contribution in [0.1, 0.15) is 12.0 Å². The Labute approximate surface area is 149 Å². The Morgan fingerprint density at radius 2 is 1.92 bits per heavy atom. The summed E-state index contributed by atoms with van der Waals surface area (Å²) in [5.41, 5.74) is 2.61. The summed E-state index contributed by atoms with van der Waals surface area (Å²) in [6, 6.07) is 10.7. The minimum atomic E-state index is 0.690. The van der Waals surface area contributed by atoms with Gasteiger partial charge in [0, 0.05) is 58.3 Å². The Kier molecular flexibility index (Phi) is 6.06. The number of nitrogens with one attached hydrogen (secondary N) is 1. The van der Waals surface area contributed by atoms with Gasteiger partial charge in [-0.1, -0.05) is 12.1 Å². The molecule has 0 aliphatic carbocycles. The Morgan fingerprint density at radius 1 is 1.12 bits per heavy atom. The Hall–Kier alpha value is -2.34. The average molecular weight is 341 g/mol. The number of aryl methyl sites for hydroxylation is 1. The van der Waals surface area contributed by atoms with Gasteiger partial charge in [-0.25, -0.2) is 4.98 Å². The summed E-state index contributed by atoms with van der Waals surface area (Å²) in [6.45, 7) is 7.64. The summed E-state index contributed by atoms with van der Waals surface area (Å²) < 4.78 is 5.06. The van der Waals surface area contributed by atoms with Gasteiger partial charge in [0.2, 0.25) is 5.95 Å². The molecule has 1 fully saturated rings. The summed E-state index contributed by atoms with van der Waals surface area (Å²) in [6.07, 6.45) is 2.77. The lowest BCUT2D eigenvalue weighted by Crippen LogP contribution is -2.46. The molecule has 6 heteroatoms. The van der Waals surface area contributed by atoms with Gasteiger partial charge in [-0.3, -0.25) is 0 Å². The van der Waals surface area contributed by atoms with Crippen LogP contribution in [0.5, 0.6) is 0 Å². The monoisotopic (exact) mass is 341 g/mol. The predicted molar refractivity (Wildman–Crippen MR) is 103 cm³/mol. The third kappa shape index (κ3) is 4.82. The molecule has 0 unspecified atom stereocenters. The summed E-state index contributed by atoms with van der Waals surface area (Å²) in [5, 5.41) is 3.26. The van der Waals surface area contributed by atoms with E-state index in [1.54, 1.807) is 7.11 Å². The molecule has 0 bridgehead atoms.